The van der Waals surface area contributed by atoms with E-state index in [0.29, 0.717) is 30.8 Å². The molecule has 194 valence electrons. The highest BCUT2D eigenvalue weighted by Gasteiger charge is 2.10. The molecule has 8 heteroatoms. The number of ether oxygens (including phenoxy) is 4. The van der Waals surface area contributed by atoms with Gasteiger partial charge in [-0.2, -0.15) is 0 Å². The number of methoxy groups -OCH3 is 1. The van der Waals surface area contributed by atoms with Gasteiger partial charge in [0.15, 0.2) is 0 Å². The monoisotopic (exact) mass is 482 g/mol. The van der Waals surface area contributed by atoms with Gasteiger partial charge in [-0.1, -0.05) is 45.4 Å². The number of carbonyl (C=O) groups is 2. The van der Waals surface area contributed by atoms with Crippen molar-refractivity contribution in [2.24, 2.45) is 0 Å². The number of benzene rings is 1. The SMILES string of the molecule is CCC(O)COc1ccc(OCC(O)COC(=O)CCCCCCCCCCC(=O)OC)cc1. The third kappa shape index (κ3) is 15.5. The molecule has 2 unspecified atom stereocenters. The molecule has 0 bridgehead atoms. The highest BCUT2D eigenvalue weighted by Crippen LogP contribution is 2.18. The molecule has 34 heavy (non-hydrogen) atoms. The predicted octanol–water partition coefficient (Wildman–Crippen LogP) is 4.19. The maximum Gasteiger partial charge on any atom is 0.305 e. The Bertz CT molecular complexity index is 661. The van der Waals surface area contributed by atoms with Gasteiger partial charge in [-0.25, -0.2) is 0 Å². The zero-order valence-electron chi connectivity index (χ0n) is 20.7. The van der Waals surface area contributed by atoms with Crippen LogP contribution >= 0.6 is 0 Å². The predicted molar refractivity (Wildman–Crippen MR) is 129 cm³/mol. The fourth-order valence-corrected chi connectivity index (χ4v) is 3.15. The number of aliphatic hydroxyl groups excluding tert-OH is 2. The van der Waals surface area contributed by atoms with Crippen LogP contribution < -0.4 is 9.47 Å². The second-order valence-corrected chi connectivity index (χ2v) is 8.40. The van der Waals surface area contributed by atoms with Gasteiger partial charge in [0.25, 0.3) is 0 Å². The molecular weight excluding hydrogens is 440 g/mol. The van der Waals surface area contributed by atoms with Crippen molar-refractivity contribution in [3.05, 3.63) is 24.3 Å². The van der Waals surface area contributed by atoms with Crippen LogP contribution in [0.25, 0.3) is 0 Å². The van der Waals surface area contributed by atoms with Crippen molar-refractivity contribution >= 4 is 11.9 Å². The van der Waals surface area contributed by atoms with Crippen LogP contribution in [0, 0.1) is 0 Å². The Kier molecular flexibility index (Phi) is 16.6. The molecule has 2 N–H and O–H groups in total. The molecular formula is C26H42O8. The van der Waals surface area contributed by atoms with Crippen LogP contribution in [0.1, 0.15) is 77.6 Å². The lowest BCUT2D eigenvalue weighted by Crippen LogP contribution is -2.25. The second kappa shape index (κ2) is 19.0. The quantitative estimate of drug-likeness (QED) is 0.210. The first-order valence-electron chi connectivity index (χ1n) is 12.4. The Morgan fingerprint density at radius 2 is 1.15 bits per heavy atom. The number of rotatable bonds is 20. The number of unbranched alkanes of at least 4 members (excludes halogenated alkanes) is 7. The maximum atomic E-state index is 11.8. The van der Waals surface area contributed by atoms with Gasteiger partial charge in [0.05, 0.1) is 13.2 Å². The van der Waals surface area contributed by atoms with Gasteiger partial charge >= 0.3 is 11.9 Å². The Morgan fingerprint density at radius 1 is 0.706 bits per heavy atom. The molecule has 0 saturated carbocycles. The lowest BCUT2D eigenvalue weighted by molar-refractivity contribution is -0.147. The molecule has 0 spiro atoms. The van der Waals surface area contributed by atoms with Crippen molar-refractivity contribution in [3.63, 3.8) is 0 Å². The first-order chi connectivity index (χ1) is 16.4. The molecule has 0 amide bonds. The Hall–Kier alpha value is -2.32. The van der Waals surface area contributed by atoms with Gasteiger partial charge < -0.3 is 29.2 Å². The standard InChI is InChI=1S/C26H42O8/c1-3-21(27)18-32-23-14-16-24(17-15-23)33-19-22(28)20-34-26(30)13-11-9-7-5-4-6-8-10-12-25(29)31-2/h14-17,21-22,27-28H,3-13,18-20H2,1-2H3. The average molecular weight is 483 g/mol. The zero-order valence-corrected chi connectivity index (χ0v) is 20.7. The van der Waals surface area contributed by atoms with Crippen LogP contribution in [0.5, 0.6) is 11.5 Å². The van der Waals surface area contributed by atoms with Crippen molar-refractivity contribution in [3.8, 4) is 11.5 Å². The van der Waals surface area contributed by atoms with Crippen LogP contribution in [-0.4, -0.2) is 61.3 Å². The molecule has 1 rings (SSSR count). The summed E-state index contributed by atoms with van der Waals surface area (Å²) in [4.78, 5) is 22.8. The Balaban J connectivity index is 2.00. The number of hydrogen-bond acceptors (Lipinski definition) is 8. The van der Waals surface area contributed by atoms with E-state index in [1.807, 2.05) is 6.92 Å². The van der Waals surface area contributed by atoms with Crippen molar-refractivity contribution in [1.29, 1.82) is 0 Å². The van der Waals surface area contributed by atoms with Gasteiger partial charge in [0.2, 0.25) is 0 Å². The molecule has 0 aliphatic rings. The summed E-state index contributed by atoms with van der Waals surface area (Å²) < 4.78 is 20.7. The molecule has 2 atom stereocenters. The minimum atomic E-state index is -0.904. The van der Waals surface area contributed by atoms with E-state index in [-0.39, 0.29) is 31.8 Å². The molecule has 0 aromatic heterocycles. The number of esters is 2. The van der Waals surface area contributed by atoms with E-state index in [4.69, 9.17) is 14.2 Å². The Labute approximate surface area is 203 Å². The van der Waals surface area contributed by atoms with E-state index in [9.17, 15) is 19.8 Å². The van der Waals surface area contributed by atoms with Crippen LogP contribution in [0.15, 0.2) is 24.3 Å². The molecule has 8 nitrogen and oxygen atoms in total. The fourth-order valence-electron chi connectivity index (χ4n) is 3.15. The topological polar surface area (TPSA) is 112 Å². The van der Waals surface area contributed by atoms with Crippen LogP contribution in [-0.2, 0) is 19.1 Å². The van der Waals surface area contributed by atoms with Crippen LogP contribution in [0.4, 0.5) is 0 Å². The van der Waals surface area contributed by atoms with E-state index in [1.165, 1.54) is 7.11 Å². The van der Waals surface area contributed by atoms with Crippen molar-refractivity contribution in [1.82, 2.24) is 0 Å². The number of hydrogen-bond donors (Lipinski definition) is 2. The van der Waals surface area contributed by atoms with E-state index in [2.05, 4.69) is 4.74 Å². The summed E-state index contributed by atoms with van der Waals surface area (Å²) in [6, 6.07) is 6.90. The summed E-state index contributed by atoms with van der Waals surface area (Å²) in [5.41, 5.74) is 0. The molecule has 0 aliphatic carbocycles. The average Bonchev–Trinajstić information content (AvgIpc) is 2.86. The van der Waals surface area contributed by atoms with Crippen LogP contribution in [0.3, 0.4) is 0 Å². The molecule has 0 aliphatic heterocycles. The summed E-state index contributed by atoms with van der Waals surface area (Å²) in [5, 5.41) is 19.5. The van der Waals surface area contributed by atoms with Crippen molar-refractivity contribution in [2.45, 2.75) is 89.8 Å². The highest BCUT2D eigenvalue weighted by molar-refractivity contribution is 5.69. The smallest absolute Gasteiger partial charge is 0.305 e. The summed E-state index contributed by atoms with van der Waals surface area (Å²) in [5.74, 6) is 0.743. The van der Waals surface area contributed by atoms with E-state index >= 15 is 0 Å². The third-order valence-electron chi connectivity index (χ3n) is 5.36. The summed E-state index contributed by atoms with van der Waals surface area (Å²) in [6.45, 7) is 2.04. The van der Waals surface area contributed by atoms with Crippen LogP contribution in [0.2, 0.25) is 0 Å². The van der Waals surface area contributed by atoms with Gasteiger partial charge in [0.1, 0.15) is 37.4 Å². The van der Waals surface area contributed by atoms with Crippen molar-refractivity contribution in [2.75, 3.05) is 26.9 Å². The van der Waals surface area contributed by atoms with E-state index in [0.717, 1.165) is 51.4 Å². The van der Waals surface area contributed by atoms with Gasteiger partial charge in [-0.05, 0) is 43.5 Å². The number of aliphatic hydroxyl groups is 2. The third-order valence-corrected chi connectivity index (χ3v) is 5.36. The first kappa shape index (κ1) is 29.7. The fraction of sp³-hybridized carbons (Fsp3) is 0.692. The Morgan fingerprint density at radius 3 is 1.62 bits per heavy atom. The summed E-state index contributed by atoms with van der Waals surface area (Å²) in [6.07, 6.45) is 8.18. The molecule has 1 aromatic rings. The van der Waals surface area contributed by atoms with Gasteiger partial charge in [-0.15, -0.1) is 0 Å². The normalized spacial score (nSPS) is 12.6. The lowest BCUT2D eigenvalue weighted by atomic mass is 10.1. The molecule has 0 heterocycles. The summed E-state index contributed by atoms with van der Waals surface area (Å²) in [7, 11) is 1.41. The molecule has 0 fully saturated rings. The molecule has 0 saturated heterocycles. The molecule has 0 radical (unpaired) electrons. The summed E-state index contributed by atoms with van der Waals surface area (Å²) >= 11 is 0. The molecule has 1 aromatic carbocycles. The highest BCUT2D eigenvalue weighted by atomic mass is 16.5. The minimum absolute atomic E-state index is 0.0155. The zero-order chi connectivity index (χ0) is 25.0. The van der Waals surface area contributed by atoms with Gasteiger partial charge in [0, 0.05) is 12.8 Å². The van der Waals surface area contributed by atoms with Gasteiger partial charge in [-0.3, -0.25) is 9.59 Å². The van der Waals surface area contributed by atoms with Crippen molar-refractivity contribution < 1.29 is 38.7 Å². The van der Waals surface area contributed by atoms with E-state index in [1.54, 1.807) is 24.3 Å². The second-order valence-electron chi connectivity index (χ2n) is 8.40. The number of carbonyl (C=O) groups excluding carboxylic acids is 2. The maximum absolute atomic E-state index is 11.8. The van der Waals surface area contributed by atoms with E-state index < -0.39 is 12.2 Å². The first-order valence-corrected chi connectivity index (χ1v) is 12.4. The lowest BCUT2D eigenvalue weighted by Gasteiger charge is -2.14. The largest absolute Gasteiger partial charge is 0.491 e. The minimum Gasteiger partial charge on any atom is -0.491 e.